The van der Waals surface area contributed by atoms with Crippen LogP contribution in [0.15, 0.2) is 29.1 Å². The van der Waals surface area contributed by atoms with E-state index in [1.165, 1.54) is 27.3 Å². The van der Waals surface area contributed by atoms with Crippen molar-refractivity contribution < 1.29 is 22.7 Å². The second-order valence-electron chi connectivity index (χ2n) is 12.0. The third-order valence-corrected chi connectivity index (χ3v) is 10.7. The number of amides is 2. The van der Waals surface area contributed by atoms with E-state index in [9.17, 15) is 22.8 Å². The molecule has 13 nitrogen and oxygen atoms in total. The SMILES string of the molecule is CC(C)n1c(=O)n(C(=O)N[C@@H]2CC3CC[C@@H](C2)N3CCCOC(=O)N2CCN(S(=O)(=O)N(C)C)CC2)c2ccccc21. The number of aromatic nitrogens is 2. The molecule has 1 aromatic carbocycles. The smallest absolute Gasteiger partial charge is 0.409 e. The highest BCUT2D eigenvalue weighted by molar-refractivity contribution is 7.86. The van der Waals surface area contributed by atoms with E-state index in [4.69, 9.17) is 4.74 Å². The number of rotatable bonds is 8. The number of imidazole rings is 1. The Bertz CT molecular complexity index is 1450. The fourth-order valence-corrected chi connectivity index (χ4v) is 7.78. The maximum absolute atomic E-state index is 13.3. The van der Waals surface area contributed by atoms with Crippen LogP contribution in [0.4, 0.5) is 9.59 Å². The monoisotopic (exact) mass is 605 g/mol. The highest BCUT2D eigenvalue weighted by Crippen LogP contribution is 2.36. The Kier molecular flexibility index (Phi) is 8.97. The number of nitrogens with zero attached hydrogens (tertiary/aromatic N) is 6. The summed E-state index contributed by atoms with van der Waals surface area (Å²) in [6.45, 7) is 6.09. The lowest BCUT2D eigenvalue weighted by atomic mass is 9.97. The van der Waals surface area contributed by atoms with Crippen LogP contribution in [-0.2, 0) is 14.9 Å². The molecule has 3 aliphatic rings. The van der Waals surface area contributed by atoms with Gasteiger partial charge in [0.15, 0.2) is 0 Å². The van der Waals surface area contributed by atoms with E-state index < -0.39 is 16.3 Å². The van der Waals surface area contributed by atoms with Gasteiger partial charge in [-0.2, -0.15) is 17.0 Å². The van der Waals surface area contributed by atoms with Crippen LogP contribution in [0.1, 0.15) is 52.0 Å². The number of fused-ring (bicyclic) bond motifs is 3. The van der Waals surface area contributed by atoms with Crippen LogP contribution >= 0.6 is 0 Å². The summed E-state index contributed by atoms with van der Waals surface area (Å²) in [7, 11) is -0.488. The minimum atomic E-state index is -3.48. The van der Waals surface area contributed by atoms with E-state index in [1.807, 2.05) is 38.1 Å². The molecule has 1 unspecified atom stereocenters. The zero-order chi connectivity index (χ0) is 30.2. The molecule has 0 radical (unpaired) electrons. The lowest BCUT2D eigenvalue weighted by Gasteiger charge is -2.39. The fourth-order valence-electron chi connectivity index (χ4n) is 6.69. The number of hydrogen-bond acceptors (Lipinski definition) is 7. The highest BCUT2D eigenvalue weighted by Gasteiger charge is 2.41. The summed E-state index contributed by atoms with van der Waals surface area (Å²) >= 11 is 0. The fraction of sp³-hybridized carbons (Fsp3) is 0.679. The largest absolute Gasteiger partial charge is 0.449 e. The number of piperidine rings is 1. The van der Waals surface area contributed by atoms with Crippen molar-refractivity contribution in [3.63, 3.8) is 0 Å². The zero-order valence-corrected chi connectivity index (χ0v) is 25.8. The zero-order valence-electron chi connectivity index (χ0n) is 24.9. The van der Waals surface area contributed by atoms with Gasteiger partial charge in [0.2, 0.25) is 0 Å². The number of benzene rings is 1. The van der Waals surface area contributed by atoms with Crippen molar-refractivity contribution in [2.24, 2.45) is 0 Å². The lowest BCUT2D eigenvalue weighted by molar-refractivity contribution is 0.0753. The van der Waals surface area contributed by atoms with Crippen LogP contribution in [-0.4, -0.2) is 120 Å². The number of para-hydroxylation sites is 2. The van der Waals surface area contributed by atoms with Gasteiger partial charge in [0.25, 0.3) is 10.2 Å². The molecule has 3 saturated heterocycles. The summed E-state index contributed by atoms with van der Waals surface area (Å²) in [4.78, 5) is 43.1. The third-order valence-electron chi connectivity index (χ3n) is 8.78. The molecule has 2 amide bonds. The van der Waals surface area contributed by atoms with Crippen molar-refractivity contribution in [1.29, 1.82) is 0 Å². The number of carbonyl (C=O) groups excluding carboxylic acids is 2. The Morgan fingerprint density at radius 3 is 2.24 bits per heavy atom. The molecule has 232 valence electrons. The van der Waals surface area contributed by atoms with E-state index in [1.54, 1.807) is 9.47 Å². The van der Waals surface area contributed by atoms with Gasteiger partial charge >= 0.3 is 17.8 Å². The van der Waals surface area contributed by atoms with Gasteiger partial charge in [-0.25, -0.2) is 19.0 Å². The van der Waals surface area contributed by atoms with Crippen LogP contribution in [0.25, 0.3) is 11.0 Å². The number of piperazine rings is 1. The van der Waals surface area contributed by atoms with Crippen molar-refractivity contribution in [3.05, 3.63) is 34.7 Å². The molecule has 42 heavy (non-hydrogen) atoms. The minimum Gasteiger partial charge on any atom is -0.449 e. The first-order valence-corrected chi connectivity index (χ1v) is 16.3. The standard InChI is InChI=1S/C28H43N7O6S/c1-20(2)34-24-8-5-6-9-25(24)35(27(34)37)26(36)29-21-18-22-10-11-23(19-21)33(22)12-7-17-41-28(38)31-13-15-32(16-14-31)42(39,40)30(3)4/h5-6,8-9,20-23H,7,10-19H2,1-4H3,(H,29,36)/t21-,22-,23?/m0/s1. The first kappa shape index (κ1) is 30.5. The summed E-state index contributed by atoms with van der Waals surface area (Å²) in [5, 5.41) is 3.14. The second kappa shape index (κ2) is 12.3. The molecular formula is C28H43N7O6S. The molecule has 0 saturated carbocycles. The Hall–Kier alpha value is -2.94. The third kappa shape index (κ3) is 5.94. The minimum absolute atomic E-state index is 0.00730. The Labute approximate surface area is 247 Å². The molecule has 3 aliphatic heterocycles. The van der Waals surface area contributed by atoms with E-state index in [2.05, 4.69) is 10.2 Å². The predicted octanol–water partition coefficient (Wildman–Crippen LogP) is 1.89. The average Bonchev–Trinajstić information content (AvgIpc) is 3.38. The maximum Gasteiger partial charge on any atom is 0.409 e. The molecule has 0 spiro atoms. The van der Waals surface area contributed by atoms with Crippen molar-refractivity contribution >= 4 is 33.4 Å². The van der Waals surface area contributed by atoms with Gasteiger partial charge in [0, 0.05) is 71.0 Å². The van der Waals surface area contributed by atoms with Crippen LogP contribution in [0.2, 0.25) is 0 Å². The van der Waals surface area contributed by atoms with Gasteiger partial charge in [0.1, 0.15) is 0 Å². The Morgan fingerprint density at radius 1 is 1.02 bits per heavy atom. The summed E-state index contributed by atoms with van der Waals surface area (Å²) < 4.78 is 35.5. The first-order chi connectivity index (χ1) is 20.0. The normalized spacial score (nSPS) is 23.7. The molecule has 3 fully saturated rings. The van der Waals surface area contributed by atoms with Crippen LogP contribution in [0.3, 0.4) is 0 Å². The van der Waals surface area contributed by atoms with Gasteiger partial charge in [0.05, 0.1) is 17.6 Å². The Balaban J connectivity index is 1.09. The van der Waals surface area contributed by atoms with Crippen molar-refractivity contribution in [1.82, 2.24) is 32.9 Å². The number of nitrogens with one attached hydrogen (secondary N) is 1. The molecule has 1 N–H and O–H groups in total. The van der Waals surface area contributed by atoms with Gasteiger partial charge in [-0.15, -0.1) is 0 Å². The van der Waals surface area contributed by atoms with Gasteiger partial charge < -0.3 is 15.0 Å². The van der Waals surface area contributed by atoms with Crippen molar-refractivity contribution in [3.8, 4) is 0 Å². The van der Waals surface area contributed by atoms with Crippen molar-refractivity contribution in [2.45, 2.75) is 70.1 Å². The van der Waals surface area contributed by atoms with E-state index in [0.717, 1.165) is 37.7 Å². The summed E-state index contributed by atoms with van der Waals surface area (Å²) in [5.41, 5.74) is 1.05. The number of ether oxygens (including phenoxy) is 1. The maximum atomic E-state index is 13.3. The molecule has 1 aromatic heterocycles. The van der Waals surface area contributed by atoms with Crippen molar-refractivity contribution in [2.75, 3.05) is 53.4 Å². The molecular weight excluding hydrogens is 562 g/mol. The highest BCUT2D eigenvalue weighted by atomic mass is 32.2. The van der Waals surface area contributed by atoms with E-state index in [-0.39, 0.29) is 36.9 Å². The lowest BCUT2D eigenvalue weighted by Crippen LogP contribution is -2.53. The summed E-state index contributed by atoms with van der Waals surface area (Å²) in [6.07, 6.45) is 4.05. The second-order valence-corrected chi connectivity index (χ2v) is 14.1. The molecule has 2 bridgehead atoms. The quantitative estimate of drug-likeness (QED) is 0.455. The Morgan fingerprint density at radius 2 is 1.64 bits per heavy atom. The van der Waals surface area contributed by atoms with Gasteiger partial charge in [-0.05, 0) is 58.1 Å². The first-order valence-electron chi connectivity index (χ1n) is 14.9. The topological polar surface area (TPSA) is 129 Å². The summed E-state index contributed by atoms with van der Waals surface area (Å²) in [5.74, 6) is 0. The van der Waals surface area contributed by atoms with Crippen LogP contribution in [0.5, 0.6) is 0 Å². The molecule has 3 atom stereocenters. The van der Waals surface area contributed by atoms with E-state index in [0.29, 0.717) is 43.7 Å². The number of hydrogen-bond donors (Lipinski definition) is 1. The average molecular weight is 606 g/mol. The van der Waals surface area contributed by atoms with Crippen LogP contribution < -0.4 is 11.0 Å². The molecule has 14 heteroatoms. The predicted molar refractivity (Wildman–Crippen MR) is 159 cm³/mol. The van der Waals surface area contributed by atoms with Crippen LogP contribution in [0, 0.1) is 0 Å². The van der Waals surface area contributed by atoms with E-state index >= 15 is 0 Å². The molecule has 4 heterocycles. The van der Waals surface area contributed by atoms with Gasteiger partial charge in [-0.1, -0.05) is 12.1 Å². The molecule has 0 aliphatic carbocycles. The molecule has 5 rings (SSSR count). The molecule has 2 aromatic rings. The summed E-state index contributed by atoms with van der Waals surface area (Å²) in [6, 6.07) is 7.62. The van der Waals surface area contributed by atoms with Gasteiger partial charge in [-0.3, -0.25) is 9.47 Å². The number of carbonyl (C=O) groups is 2.